The Bertz CT molecular complexity index is 810. The number of rotatable bonds is 3. The van der Waals surface area contributed by atoms with Crippen molar-refractivity contribution in [2.75, 3.05) is 0 Å². The molecule has 24 heavy (non-hydrogen) atoms. The van der Waals surface area contributed by atoms with Crippen LogP contribution in [0.1, 0.15) is 42.5 Å². The number of aromatic hydroxyl groups is 1. The highest BCUT2D eigenvalue weighted by Gasteiger charge is 2.19. The molecule has 3 N–H and O–H groups in total. The summed E-state index contributed by atoms with van der Waals surface area (Å²) in [6.07, 6.45) is 1.43. The van der Waals surface area contributed by atoms with Crippen LogP contribution >= 0.6 is 47.8 Å². The van der Waals surface area contributed by atoms with Crippen molar-refractivity contribution >= 4 is 59.9 Å². The molecule has 0 bridgehead atoms. The fourth-order valence-electron chi connectivity index (χ4n) is 1.75. The summed E-state index contributed by atoms with van der Waals surface area (Å²) >= 11 is 9.90. The second kappa shape index (κ2) is 7.37. The molecule has 1 aromatic carbocycles. The Hall–Kier alpha value is -1.19. The monoisotopic (exact) mass is 520 g/mol. The molecule has 2 aromatic rings. The predicted molar refractivity (Wildman–Crippen MR) is 104 cm³/mol. The van der Waals surface area contributed by atoms with E-state index in [0.29, 0.717) is 19.0 Å². The zero-order chi connectivity index (χ0) is 18.1. The first-order valence-electron chi connectivity index (χ1n) is 6.87. The Morgan fingerprint density at radius 2 is 1.96 bits per heavy atom. The summed E-state index contributed by atoms with van der Waals surface area (Å²) in [6, 6.07) is 3.38. The van der Waals surface area contributed by atoms with Gasteiger partial charge in [-0.05, 0) is 44.0 Å². The third-order valence-corrected chi connectivity index (χ3v) is 5.22. The lowest BCUT2D eigenvalue weighted by molar-refractivity contribution is 0.0950. The molecule has 1 heterocycles. The van der Waals surface area contributed by atoms with Gasteiger partial charge in [0.05, 0.1) is 15.2 Å². The van der Waals surface area contributed by atoms with Crippen molar-refractivity contribution in [3.63, 3.8) is 0 Å². The predicted octanol–water partition coefficient (Wildman–Crippen LogP) is 4.46. The fraction of sp³-hybridized carbons (Fsp3) is 0.267. The first-order chi connectivity index (χ1) is 11.1. The van der Waals surface area contributed by atoms with Crippen LogP contribution in [0, 0.1) is 0 Å². The van der Waals surface area contributed by atoms with E-state index in [-0.39, 0.29) is 16.9 Å². The SMILES string of the molecule is CC(C)(C)c1cc(C(=O)NN=Cc2c(Br)cc(Br)c(O)c2Br)n[nH]1. The maximum Gasteiger partial charge on any atom is 0.291 e. The van der Waals surface area contributed by atoms with Crippen LogP contribution in [0.3, 0.4) is 0 Å². The van der Waals surface area contributed by atoms with E-state index in [1.165, 1.54) is 6.21 Å². The van der Waals surface area contributed by atoms with Gasteiger partial charge in [-0.3, -0.25) is 9.89 Å². The molecule has 9 heteroatoms. The molecule has 0 fully saturated rings. The Balaban J connectivity index is 2.14. The number of nitrogens with zero attached hydrogens (tertiary/aromatic N) is 2. The standard InChI is InChI=1S/C15H15Br3N4O2/c1-15(2,3)11-5-10(20-21-11)14(24)22-19-6-7-8(16)4-9(17)13(23)12(7)18/h4-6,23H,1-3H3,(H,20,21)(H,22,24). The zero-order valence-electron chi connectivity index (χ0n) is 13.1. The van der Waals surface area contributed by atoms with Gasteiger partial charge in [0.2, 0.25) is 0 Å². The van der Waals surface area contributed by atoms with Crippen molar-refractivity contribution in [3.8, 4) is 5.75 Å². The molecular weight excluding hydrogens is 508 g/mol. The minimum Gasteiger partial charge on any atom is -0.506 e. The summed E-state index contributed by atoms with van der Waals surface area (Å²) in [5.74, 6) is -0.375. The number of hydrazone groups is 1. The van der Waals surface area contributed by atoms with Crippen molar-refractivity contribution in [3.05, 3.63) is 42.5 Å². The van der Waals surface area contributed by atoms with E-state index >= 15 is 0 Å². The lowest BCUT2D eigenvalue weighted by Crippen LogP contribution is -2.18. The molecule has 128 valence electrons. The normalized spacial score (nSPS) is 11.9. The van der Waals surface area contributed by atoms with Gasteiger partial charge in [0.15, 0.2) is 5.69 Å². The van der Waals surface area contributed by atoms with E-state index in [1.807, 2.05) is 20.8 Å². The van der Waals surface area contributed by atoms with Gasteiger partial charge in [0.1, 0.15) is 5.75 Å². The molecule has 0 aliphatic heterocycles. The molecular formula is C15H15Br3N4O2. The van der Waals surface area contributed by atoms with Crippen LogP contribution in [0.5, 0.6) is 5.75 Å². The second-order valence-electron chi connectivity index (χ2n) is 6.03. The van der Waals surface area contributed by atoms with Crippen LogP contribution < -0.4 is 5.43 Å². The summed E-state index contributed by atoms with van der Waals surface area (Å²) in [7, 11) is 0. The van der Waals surface area contributed by atoms with Gasteiger partial charge in [-0.2, -0.15) is 10.2 Å². The summed E-state index contributed by atoms with van der Waals surface area (Å²) in [4.78, 5) is 12.1. The number of phenolic OH excluding ortho intramolecular Hbond substituents is 1. The summed E-state index contributed by atoms with van der Waals surface area (Å²) < 4.78 is 1.69. The largest absolute Gasteiger partial charge is 0.506 e. The van der Waals surface area contributed by atoms with Crippen molar-refractivity contribution < 1.29 is 9.90 Å². The Morgan fingerprint density at radius 3 is 2.54 bits per heavy atom. The first kappa shape index (κ1) is 19.1. The van der Waals surface area contributed by atoms with Gasteiger partial charge in [-0.25, -0.2) is 5.43 Å². The maximum absolute atomic E-state index is 12.1. The van der Waals surface area contributed by atoms with Crippen LogP contribution in [0.4, 0.5) is 0 Å². The summed E-state index contributed by atoms with van der Waals surface area (Å²) in [5, 5.41) is 20.7. The smallest absolute Gasteiger partial charge is 0.291 e. The van der Waals surface area contributed by atoms with Crippen LogP contribution in [0.25, 0.3) is 0 Å². The molecule has 0 saturated carbocycles. The van der Waals surface area contributed by atoms with Crippen molar-refractivity contribution in [2.24, 2.45) is 5.10 Å². The maximum atomic E-state index is 12.1. The van der Waals surface area contributed by atoms with Gasteiger partial charge in [0, 0.05) is 21.1 Å². The number of carbonyl (C=O) groups is 1. The highest BCUT2D eigenvalue weighted by molar-refractivity contribution is 9.11. The van der Waals surface area contributed by atoms with E-state index in [4.69, 9.17) is 0 Å². The third kappa shape index (κ3) is 4.25. The molecule has 0 spiro atoms. The quantitative estimate of drug-likeness (QED) is 0.410. The first-order valence-corrected chi connectivity index (χ1v) is 9.25. The molecule has 1 amide bonds. The third-order valence-electron chi connectivity index (χ3n) is 3.16. The fourth-order valence-corrected chi connectivity index (χ4v) is 4.07. The zero-order valence-corrected chi connectivity index (χ0v) is 17.9. The molecule has 0 aliphatic carbocycles. The van der Waals surface area contributed by atoms with Crippen LogP contribution in [-0.4, -0.2) is 27.4 Å². The van der Waals surface area contributed by atoms with E-state index < -0.39 is 5.91 Å². The average molecular weight is 523 g/mol. The number of H-pyrrole nitrogens is 1. The minimum absolute atomic E-state index is 0.0492. The molecule has 6 nitrogen and oxygen atoms in total. The molecule has 1 aromatic heterocycles. The van der Waals surface area contributed by atoms with Crippen LogP contribution in [-0.2, 0) is 5.41 Å². The Morgan fingerprint density at radius 1 is 1.29 bits per heavy atom. The van der Waals surface area contributed by atoms with Crippen molar-refractivity contribution in [1.29, 1.82) is 0 Å². The van der Waals surface area contributed by atoms with Gasteiger partial charge in [-0.1, -0.05) is 36.7 Å². The number of phenols is 1. The van der Waals surface area contributed by atoms with Gasteiger partial charge in [-0.15, -0.1) is 0 Å². The van der Waals surface area contributed by atoms with Gasteiger partial charge >= 0.3 is 0 Å². The molecule has 0 saturated heterocycles. The number of carbonyl (C=O) groups excluding carboxylic acids is 1. The highest BCUT2D eigenvalue weighted by Crippen LogP contribution is 2.38. The highest BCUT2D eigenvalue weighted by atomic mass is 79.9. The lowest BCUT2D eigenvalue weighted by Gasteiger charge is -2.14. The van der Waals surface area contributed by atoms with Crippen LogP contribution in [0.15, 0.2) is 30.7 Å². The Labute approximate surface area is 164 Å². The molecule has 0 atom stereocenters. The lowest BCUT2D eigenvalue weighted by atomic mass is 9.92. The number of aromatic nitrogens is 2. The number of amides is 1. The molecule has 2 rings (SSSR count). The van der Waals surface area contributed by atoms with E-state index in [2.05, 4.69) is 68.5 Å². The number of aromatic amines is 1. The molecule has 0 aliphatic rings. The van der Waals surface area contributed by atoms with Crippen molar-refractivity contribution in [2.45, 2.75) is 26.2 Å². The Kier molecular flexibility index (Phi) is 5.87. The average Bonchev–Trinajstić information content (AvgIpc) is 2.98. The molecule has 0 radical (unpaired) electrons. The molecule has 0 unspecified atom stereocenters. The van der Waals surface area contributed by atoms with E-state index in [0.717, 1.165) is 5.69 Å². The van der Waals surface area contributed by atoms with Gasteiger partial charge in [0.25, 0.3) is 5.91 Å². The second-order valence-corrected chi connectivity index (χ2v) is 8.53. The summed E-state index contributed by atoms with van der Waals surface area (Å²) in [6.45, 7) is 6.07. The number of hydrogen-bond donors (Lipinski definition) is 3. The number of benzene rings is 1. The topological polar surface area (TPSA) is 90.4 Å². The number of nitrogens with one attached hydrogen (secondary N) is 2. The van der Waals surface area contributed by atoms with Crippen LogP contribution in [0.2, 0.25) is 0 Å². The summed E-state index contributed by atoms with van der Waals surface area (Å²) in [5.41, 5.74) is 4.00. The van der Waals surface area contributed by atoms with E-state index in [1.54, 1.807) is 12.1 Å². The van der Waals surface area contributed by atoms with E-state index in [9.17, 15) is 9.90 Å². The van der Waals surface area contributed by atoms with Gasteiger partial charge < -0.3 is 5.11 Å². The number of hydrogen-bond acceptors (Lipinski definition) is 4. The minimum atomic E-state index is -0.424. The number of halogens is 3. The van der Waals surface area contributed by atoms with Crippen molar-refractivity contribution in [1.82, 2.24) is 15.6 Å².